The molecule has 4 bridgehead atoms. The minimum atomic E-state index is -0.0155. The van der Waals surface area contributed by atoms with Crippen molar-refractivity contribution in [3.8, 4) is 0 Å². The van der Waals surface area contributed by atoms with Crippen molar-refractivity contribution >= 4 is 0 Å². The summed E-state index contributed by atoms with van der Waals surface area (Å²) in [6.07, 6.45) is 5.88. The molecule has 0 aromatic rings. The highest BCUT2D eigenvalue weighted by molar-refractivity contribution is 5.07. The van der Waals surface area contributed by atoms with Gasteiger partial charge < -0.3 is 10.8 Å². The summed E-state index contributed by atoms with van der Waals surface area (Å²) >= 11 is 0. The smallest absolute Gasteiger partial charge is 0.0598 e. The van der Waals surface area contributed by atoms with Crippen LogP contribution in [0.1, 0.15) is 32.1 Å². The van der Waals surface area contributed by atoms with Crippen LogP contribution in [-0.4, -0.2) is 16.7 Å². The molecule has 4 rings (SSSR count). The van der Waals surface area contributed by atoms with Gasteiger partial charge in [-0.15, -0.1) is 0 Å². The van der Waals surface area contributed by atoms with E-state index < -0.39 is 0 Å². The average molecular weight is 167 g/mol. The van der Waals surface area contributed by atoms with Gasteiger partial charge in [0.1, 0.15) is 0 Å². The molecule has 4 fully saturated rings. The summed E-state index contributed by atoms with van der Waals surface area (Å²) in [5, 5.41) is 9.89. The molecule has 2 atom stereocenters. The van der Waals surface area contributed by atoms with Gasteiger partial charge in [0.25, 0.3) is 0 Å². The molecule has 4 aliphatic rings. The Labute approximate surface area is 73.1 Å². The Bertz CT molecular complexity index is 200. The van der Waals surface area contributed by atoms with Crippen molar-refractivity contribution in [2.75, 3.05) is 0 Å². The number of hydrogen-bond acceptors (Lipinski definition) is 2. The SMILES string of the molecule is NC12CC3CC(C1)C(O)C(C3)C2. The molecule has 4 saturated carbocycles. The van der Waals surface area contributed by atoms with Crippen LogP contribution in [0.3, 0.4) is 0 Å². The molecule has 68 valence electrons. The second-order valence-corrected chi connectivity index (χ2v) is 5.32. The van der Waals surface area contributed by atoms with Gasteiger partial charge in [-0.1, -0.05) is 0 Å². The third-order valence-electron chi connectivity index (χ3n) is 4.27. The van der Waals surface area contributed by atoms with Crippen LogP contribution >= 0.6 is 0 Å². The van der Waals surface area contributed by atoms with Gasteiger partial charge in [0.2, 0.25) is 0 Å². The van der Waals surface area contributed by atoms with E-state index >= 15 is 0 Å². The fourth-order valence-electron chi connectivity index (χ4n) is 4.06. The molecule has 3 N–H and O–H groups in total. The molecule has 2 nitrogen and oxygen atoms in total. The van der Waals surface area contributed by atoms with Gasteiger partial charge in [0.15, 0.2) is 0 Å². The first kappa shape index (κ1) is 7.34. The Morgan fingerprint density at radius 2 is 1.67 bits per heavy atom. The maximum absolute atomic E-state index is 9.89. The molecule has 0 amide bonds. The third kappa shape index (κ3) is 0.826. The molecule has 0 aliphatic heterocycles. The summed E-state index contributed by atoms with van der Waals surface area (Å²) in [6.45, 7) is 0. The number of aliphatic hydroxyl groups excluding tert-OH is 1. The van der Waals surface area contributed by atoms with Crippen LogP contribution in [0.5, 0.6) is 0 Å². The summed E-state index contributed by atoms with van der Waals surface area (Å²) in [7, 11) is 0. The molecule has 0 aromatic heterocycles. The molecule has 0 saturated heterocycles. The molecule has 0 radical (unpaired) electrons. The first-order chi connectivity index (χ1) is 5.66. The van der Waals surface area contributed by atoms with Gasteiger partial charge in [-0.05, 0) is 49.9 Å². The highest BCUT2D eigenvalue weighted by atomic mass is 16.3. The second kappa shape index (κ2) is 2.05. The summed E-state index contributed by atoms with van der Waals surface area (Å²) in [4.78, 5) is 0. The van der Waals surface area contributed by atoms with Gasteiger partial charge in [-0.25, -0.2) is 0 Å². The molecule has 2 unspecified atom stereocenters. The predicted octanol–water partition coefficient (Wildman–Crippen LogP) is 0.885. The van der Waals surface area contributed by atoms with E-state index in [9.17, 15) is 5.11 Å². The summed E-state index contributed by atoms with van der Waals surface area (Å²) < 4.78 is 0. The van der Waals surface area contributed by atoms with Crippen molar-refractivity contribution in [1.29, 1.82) is 0 Å². The lowest BCUT2D eigenvalue weighted by Gasteiger charge is -2.57. The minimum Gasteiger partial charge on any atom is -0.393 e. The molecule has 12 heavy (non-hydrogen) atoms. The quantitative estimate of drug-likeness (QED) is 0.562. The number of aliphatic hydroxyl groups is 1. The molecule has 0 heterocycles. The van der Waals surface area contributed by atoms with Crippen LogP contribution in [0.2, 0.25) is 0 Å². The Morgan fingerprint density at radius 3 is 2.17 bits per heavy atom. The van der Waals surface area contributed by atoms with Crippen molar-refractivity contribution in [3.05, 3.63) is 0 Å². The third-order valence-corrected chi connectivity index (χ3v) is 4.27. The van der Waals surface area contributed by atoms with Crippen LogP contribution in [0, 0.1) is 17.8 Å². The van der Waals surface area contributed by atoms with Crippen molar-refractivity contribution in [3.63, 3.8) is 0 Å². The van der Waals surface area contributed by atoms with Crippen LogP contribution in [0.25, 0.3) is 0 Å². The molecule has 0 spiro atoms. The fraction of sp³-hybridized carbons (Fsp3) is 1.00. The number of nitrogens with two attached hydrogens (primary N) is 1. The maximum atomic E-state index is 9.89. The Balaban J connectivity index is 1.95. The summed E-state index contributed by atoms with van der Waals surface area (Å²) in [6, 6.07) is 0. The fourth-order valence-corrected chi connectivity index (χ4v) is 4.06. The van der Waals surface area contributed by atoms with E-state index in [1.165, 1.54) is 19.3 Å². The monoisotopic (exact) mass is 167 g/mol. The van der Waals surface area contributed by atoms with E-state index in [-0.39, 0.29) is 11.6 Å². The van der Waals surface area contributed by atoms with Crippen molar-refractivity contribution in [2.45, 2.75) is 43.7 Å². The van der Waals surface area contributed by atoms with Crippen LogP contribution in [0.4, 0.5) is 0 Å². The molecule has 0 aromatic carbocycles. The molecular weight excluding hydrogens is 150 g/mol. The lowest BCUT2D eigenvalue weighted by Crippen LogP contribution is -2.60. The van der Waals surface area contributed by atoms with E-state index in [0.29, 0.717) is 11.8 Å². The average Bonchev–Trinajstić information content (AvgIpc) is 1.96. The Hall–Kier alpha value is -0.0800. The van der Waals surface area contributed by atoms with E-state index in [1.54, 1.807) is 0 Å². The Morgan fingerprint density at radius 1 is 1.08 bits per heavy atom. The lowest BCUT2D eigenvalue weighted by atomic mass is 9.52. The van der Waals surface area contributed by atoms with Crippen molar-refractivity contribution in [1.82, 2.24) is 0 Å². The summed E-state index contributed by atoms with van der Waals surface area (Å²) in [5.41, 5.74) is 6.39. The van der Waals surface area contributed by atoms with Crippen LogP contribution < -0.4 is 5.73 Å². The highest BCUT2D eigenvalue weighted by Crippen LogP contribution is 2.54. The minimum absolute atomic E-state index is 0.0155. The second-order valence-electron chi connectivity index (χ2n) is 5.32. The van der Waals surface area contributed by atoms with Crippen LogP contribution in [0.15, 0.2) is 0 Å². The first-order valence-corrected chi connectivity index (χ1v) is 5.13. The van der Waals surface area contributed by atoms with Gasteiger partial charge in [-0.2, -0.15) is 0 Å². The van der Waals surface area contributed by atoms with E-state index in [4.69, 9.17) is 5.73 Å². The topological polar surface area (TPSA) is 46.2 Å². The van der Waals surface area contributed by atoms with Crippen LogP contribution in [-0.2, 0) is 0 Å². The zero-order valence-electron chi connectivity index (χ0n) is 7.37. The first-order valence-electron chi connectivity index (χ1n) is 5.13. The number of rotatable bonds is 0. The molecule has 4 aliphatic carbocycles. The van der Waals surface area contributed by atoms with Crippen molar-refractivity contribution in [2.24, 2.45) is 23.5 Å². The zero-order valence-corrected chi connectivity index (χ0v) is 7.37. The summed E-state index contributed by atoms with van der Waals surface area (Å²) in [5.74, 6) is 1.93. The molecule has 2 heteroatoms. The van der Waals surface area contributed by atoms with Gasteiger partial charge in [0.05, 0.1) is 6.10 Å². The van der Waals surface area contributed by atoms with Crippen molar-refractivity contribution < 1.29 is 5.11 Å². The maximum Gasteiger partial charge on any atom is 0.0598 e. The lowest BCUT2D eigenvalue weighted by molar-refractivity contribution is -0.102. The van der Waals surface area contributed by atoms with Gasteiger partial charge in [0, 0.05) is 5.54 Å². The highest BCUT2D eigenvalue weighted by Gasteiger charge is 2.53. The predicted molar refractivity (Wildman–Crippen MR) is 46.5 cm³/mol. The van der Waals surface area contributed by atoms with E-state index in [0.717, 1.165) is 18.8 Å². The van der Waals surface area contributed by atoms with Gasteiger partial charge >= 0.3 is 0 Å². The van der Waals surface area contributed by atoms with E-state index in [1.807, 2.05) is 0 Å². The van der Waals surface area contributed by atoms with Gasteiger partial charge in [-0.3, -0.25) is 0 Å². The number of hydrogen-bond donors (Lipinski definition) is 2. The zero-order chi connectivity index (χ0) is 8.34. The Kier molecular flexibility index (Phi) is 1.25. The normalized spacial score (nSPS) is 62.5. The standard InChI is InChI=1S/C10H17NO/c11-10-3-6-1-7(4-10)9(12)8(2-6)5-10/h6-9,12H,1-5,11H2. The molecular formula is C10H17NO. The van der Waals surface area contributed by atoms with E-state index in [2.05, 4.69) is 0 Å². The largest absolute Gasteiger partial charge is 0.393 e.